The zero-order chi connectivity index (χ0) is 33.2. The van der Waals surface area contributed by atoms with E-state index in [0.29, 0.717) is 22.3 Å². The monoisotopic (exact) mass is 576 g/mol. The second-order valence-electron chi connectivity index (χ2n) is 11.3. The molecule has 0 saturated heterocycles. The van der Waals surface area contributed by atoms with Gasteiger partial charge in [-0.3, -0.25) is 0 Å². The number of para-hydroxylation sites is 1. The number of hydrogen-bond acceptors (Lipinski definition) is 1. The molecule has 0 N–H and O–H groups in total. The molecular formula is C44H28O. The first-order valence-corrected chi connectivity index (χ1v) is 15.1. The zero-order valence-electron chi connectivity index (χ0n) is 28.3. The van der Waals surface area contributed by atoms with Gasteiger partial charge < -0.3 is 4.42 Å². The molecule has 9 aromatic rings. The fourth-order valence-corrected chi connectivity index (χ4v) is 6.69. The van der Waals surface area contributed by atoms with Crippen molar-refractivity contribution >= 4 is 43.5 Å². The van der Waals surface area contributed by atoms with Gasteiger partial charge in [0.1, 0.15) is 11.2 Å². The standard InChI is InChI=1S/C44H28O/c1-3-12-30(13-4-1)34-20-11-21-40-35-27-26-33(28-41(35)45-44(34)40)29-22-24-32(25-23-29)43-38-18-9-7-16-36(38)42(31-14-5-2-6-15-31)37-17-8-10-19-39(37)43/h1-28H/i22D,23D,24D,25D. The van der Waals surface area contributed by atoms with Crippen LogP contribution in [-0.2, 0) is 0 Å². The molecule has 8 aromatic carbocycles. The highest BCUT2D eigenvalue weighted by Crippen LogP contribution is 2.44. The molecule has 0 amide bonds. The second kappa shape index (κ2) is 10.4. The average molecular weight is 577 g/mol. The van der Waals surface area contributed by atoms with E-state index in [-0.39, 0.29) is 29.7 Å². The SMILES string of the molecule is [2H]c1c([2H])c(-c2c3ccccc3c(-c3ccccc3)c3ccccc23)c([2H])c([2H])c1-c1ccc2c(c1)oc1c(-c3ccccc3)cccc12. The first-order chi connectivity index (χ1) is 24.0. The van der Waals surface area contributed by atoms with Crippen molar-refractivity contribution in [3.05, 3.63) is 170 Å². The van der Waals surface area contributed by atoms with E-state index in [4.69, 9.17) is 4.42 Å². The van der Waals surface area contributed by atoms with Crippen LogP contribution in [0.4, 0.5) is 0 Å². The highest BCUT2D eigenvalue weighted by molar-refractivity contribution is 6.21. The van der Waals surface area contributed by atoms with Crippen LogP contribution < -0.4 is 0 Å². The quantitative estimate of drug-likeness (QED) is 0.190. The van der Waals surface area contributed by atoms with Crippen LogP contribution in [0.1, 0.15) is 5.48 Å². The van der Waals surface area contributed by atoms with Crippen molar-refractivity contribution < 1.29 is 9.90 Å². The van der Waals surface area contributed by atoms with E-state index < -0.39 is 0 Å². The lowest BCUT2D eigenvalue weighted by Crippen LogP contribution is -1.90. The molecule has 1 heterocycles. The Hall–Kier alpha value is -5.92. The van der Waals surface area contributed by atoms with Gasteiger partial charge in [0, 0.05) is 16.3 Å². The first-order valence-electron chi connectivity index (χ1n) is 17.1. The van der Waals surface area contributed by atoms with Crippen molar-refractivity contribution in [2.45, 2.75) is 0 Å². The largest absolute Gasteiger partial charge is 0.455 e. The van der Waals surface area contributed by atoms with Crippen LogP contribution in [-0.4, -0.2) is 0 Å². The number of hydrogen-bond donors (Lipinski definition) is 0. The molecule has 9 rings (SSSR count). The average Bonchev–Trinajstić information content (AvgIpc) is 3.53. The minimum Gasteiger partial charge on any atom is -0.455 e. The third kappa shape index (κ3) is 4.17. The van der Waals surface area contributed by atoms with Crippen LogP contribution in [0.5, 0.6) is 0 Å². The van der Waals surface area contributed by atoms with Crippen molar-refractivity contribution in [1.29, 1.82) is 0 Å². The van der Waals surface area contributed by atoms with E-state index in [1.165, 1.54) is 0 Å². The summed E-state index contributed by atoms with van der Waals surface area (Å²) in [5, 5.41) is 5.66. The van der Waals surface area contributed by atoms with Crippen molar-refractivity contribution in [1.82, 2.24) is 0 Å². The Kier molecular flexibility index (Phi) is 5.00. The summed E-state index contributed by atoms with van der Waals surface area (Å²) in [5.41, 5.74) is 7.42. The number of benzene rings is 8. The Labute approximate surface area is 267 Å². The van der Waals surface area contributed by atoms with Gasteiger partial charge in [-0.25, -0.2) is 0 Å². The summed E-state index contributed by atoms with van der Waals surface area (Å²) in [6.45, 7) is 0. The van der Waals surface area contributed by atoms with Gasteiger partial charge in [-0.15, -0.1) is 0 Å². The molecule has 0 aliphatic heterocycles. The summed E-state index contributed by atoms with van der Waals surface area (Å²) in [6.07, 6.45) is 0. The van der Waals surface area contributed by atoms with Gasteiger partial charge in [0.2, 0.25) is 0 Å². The van der Waals surface area contributed by atoms with Crippen LogP contribution in [0.3, 0.4) is 0 Å². The number of furan rings is 1. The minimum atomic E-state index is -0.0864. The highest BCUT2D eigenvalue weighted by Gasteiger charge is 2.17. The number of rotatable bonds is 4. The van der Waals surface area contributed by atoms with Gasteiger partial charge in [0.25, 0.3) is 0 Å². The van der Waals surface area contributed by atoms with Crippen molar-refractivity contribution in [2.24, 2.45) is 0 Å². The molecule has 0 saturated carbocycles. The van der Waals surface area contributed by atoms with E-state index in [9.17, 15) is 5.48 Å². The molecule has 0 spiro atoms. The fraction of sp³-hybridized carbons (Fsp3) is 0. The van der Waals surface area contributed by atoms with Crippen molar-refractivity contribution in [2.75, 3.05) is 0 Å². The lowest BCUT2D eigenvalue weighted by Gasteiger charge is -2.18. The molecule has 0 aliphatic rings. The Morgan fingerprint density at radius 2 is 0.867 bits per heavy atom. The third-order valence-corrected chi connectivity index (χ3v) is 8.74. The van der Waals surface area contributed by atoms with Gasteiger partial charge in [-0.05, 0) is 72.6 Å². The Morgan fingerprint density at radius 3 is 1.49 bits per heavy atom. The van der Waals surface area contributed by atoms with Gasteiger partial charge in [0.15, 0.2) is 0 Å². The molecule has 0 bridgehead atoms. The molecule has 210 valence electrons. The predicted octanol–water partition coefficient (Wildman–Crippen LogP) is 12.6. The normalized spacial score (nSPS) is 12.8. The van der Waals surface area contributed by atoms with Crippen molar-refractivity contribution in [3.63, 3.8) is 0 Å². The molecule has 45 heavy (non-hydrogen) atoms. The summed E-state index contributed by atoms with van der Waals surface area (Å²) in [6, 6.07) is 47.9. The third-order valence-electron chi connectivity index (χ3n) is 8.74. The predicted molar refractivity (Wildman–Crippen MR) is 190 cm³/mol. The van der Waals surface area contributed by atoms with Crippen LogP contribution in [0.25, 0.3) is 88.0 Å². The minimum absolute atomic E-state index is 0.0742. The number of fused-ring (bicyclic) bond motifs is 5. The van der Waals surface area contributed by atoms with E-state index in [1.807, 2.05) is 109 Å². The van der Waals surface area contributed by atoms with Crippen molar-refractivity contribution in [3.8, 4) is 44.5 Å². The smallest absolute Gasteiger partial charge is 0.143 e. The van der Waals surface area contributed by atoms with Gasteiger partial charge in [0.05, 0.1) is 5.48 Å². The highest BCUT2D eigenvalue weighted by atomic mass is 16.3. The topological polar surface area (TPSA) is 13.1 Å². The van der Waals surface area contributed by atoms with E-state index in [0.717, 1.165) is 60.2 Å². The summed E-state index contributed by atoms with van der Waals surface area (Å²) < 4.78 is 43.8. The molecule has 0 radical (unpaired) electrons. The van der Waals surface area contributed by atoms with Crippen LogP contribution >= 0.6 is 0 Å². The van der Waals surface area contributed by atoms with Gasteiger partial charge in [-0.1, -0.05) is 158 Å². The summed E-state index contributed by atoms with van der Waals surface area (Å²) in [5.74, 6) is 0. The Balaban J connectivity index is 1.27. The molecule has 0 fully saturated rings. The molecule has 0 aliphatic carbocycles. The maximum Gasteiger partial charge on any atom is 0.143 e. The van der Waals surface area contributed by atoms with Gasteiger partial charge in [-0.2, -0.15) is 0 Å². The van der Waals surface area contributed by atoms with Gasteiger partial charge >= 0.3 is 0 Å². The summed E-state index contributed by atoms with van der Waals surface area (Å²) in [7, 11) is 0. The van der Waals surface area contributed by atoms with E-state index in [1.54, 1.807) is 0 Å². The Bertz CT molecular complexity index is 2660. The second-order valence-corrected chi connectivity index (χ2v) is 11.3. The molecule has 0 atom stereocenters. The summed E-state index contributed by atoms with van der Waals surface area (Å²) in [4.78, 5) is 0. The zero-order valence-corrected chi connectivity index (χ0v) is 24.3. The van der Waals surface area contributed by atoms with E-state index >= 15 is 0 Å². The lowest BCUT2D eigenvalue weighted by molar-refractivity contribution is 0.670. The maximum atomic E-state index is 9.39. The first kappa shape index (κ1) is 21.7. The maximum absolute atomic E-state index is 9.39. The molecule has 0 unspecified atom stereocenters. The molecule has 1 aromatic heterocycles. The van der Waals surface area contributed by atoms with Crippen LogP contribution in [0, 0.1) is 0 Å². The van der Waals surface area contributed by atoms with E-state index in [2.05, 4.69) is 36.4 Å². The fourth-order valence-electron chi connectivity index (χ4n) is 6.69. The van der Waals surface area contributed by atoms with Crippen LogP contribution in [0.2, 0.25) is 0 Å². The van der Waals surface area contributed by atoms with Crippen LogP contribution in [0.15, 0.2) is 174 Å². The Morgan fingerprint density at radius 1 is 0.356 bits per heavy atom. The molecular weight excluding hydrogens is 544 g/mol. The molecule has 1 nitrogen and oxygen atoms in total. The molecule has 1 heteroatoms. The summed E-state index contributed by atoms with van der Waals surface area (Å²) >= 11 is 0. The lowest BCUT2D eigenvalue weighted by atomic mass is 9.86.